The first-order valence-electron chi connectivity index (χ1n) is 6.70. The van der Waals surface area contributed by atoms with Crippen LogP contribution < -0.4 is 0 Å². The van der Waals surface area contributed by atoms with E-state index in [4.69, 9.17) is 0 Å². The molecule has 0 fully saturated rings. The first-order valence-corrected chi connectivity index (χ1v) is 9.00. The van der Waals surface area contributed by atoms with Crippen LogP contribution in [0.5, 0.6) is 0 Å². The van der Waals surface area contributed by atoms with E-state index in [9.17, 15) is 13.2 Å². The predicted octanol–water partition coefficient (Wildman–Crippen LogP) is 3.06. The lowest BCUT2D eigenvalue weighted by Gasteiger charge is -2.17. The van der Waals surface area contributed by atoms with Gasteiger partial charge in [-0.05, 0) is 38.1 Å². The van der Waals surface area contributed by atoms with Crippen molar-refractivity contribution in [2.45, 2.75) is 23.0 Å². The summed E-state index contributed by atoms with van der Waals surface area (Å²) in [6, 6.07) is 11.3. The number of amides is 1. The number of carbonyl (C=O) groups excluding carboxylic acids is 1. The topological polar surface area (TPSA) is 54.5 Å². The number of hydrogen-bond donors (Lipinski definition) is 0. The molecular formula is C15H17NO3S2. The molecule has 4 nitrogen and oxygen atoms in total. The van der Waals surface area contributed by atoms with Crippen LogP contribution in [0.1, 0.15) is 23.5 Å². The first kappa shape index (κ1) is 15.7. The Hall–Kier alpha value is -1.66. The van der Waals surface area contributed by atoms with E-state index in [2.05, 4.69) is 0 Å². The van der Waals surface area contributed by atoms with Crippen LogP contribution in [0.25, 0.3) is 0 Å². The van der Waals surface area contributed by atoms with Gasteiger partial charge in [0.1, 0.15) is 4.21 Å². The van der Waals surface area contributed by atoms with Gasteiger partial charge in [0.25, 0.3) is 5.91 Å². The summed E-state index contributed by atoms with van der Waals surface area (Å²) in [7, 11) is -3.54. The predicted molar refractivity (Wildman–Crippen MR) is 83.5 cm³/mol. The SMILES string of the molecule is CCN(CC)C(=O)c1ccc(S(=O)(=O)c2ccccc2)s1. The van der Waals surface area contributed by atoms with Crippen molar-refractivity contribution in [3.05, 3.63) is 47.3 Å². The fraction of sp³-hybridized carbons (Fsp3) is 0.267. The normalized spacial score (nSPS) is 11.3. The van der Waals surface area contributed by atoms with Gasteiger partial charge in [-0.15, -0.1) is 11.3 Å². The molecule has 2 rings (SSSR count). The average molecular weight is 323 g/mol. The van der Waals surface area contributed by atoms with Crippen molar-refractivity contribution in [1.29, 1.82) is 0 Å². The molecule has 0 saturated heterocycles. The lowest BCUT2D eigenvalue weighted by molar-refractivity contribution is 0.0778. The number of carbonyl (C=O) groups is 1. The summed E-state index contributed by atoms with van der Waals surface area (Å²) in [6.07, 6.45) is 0. The highest BCUT2D eigenvalue weighted by atomic mass is 32.2. The van der Waals surface area contributed by atoms with Crippen LogP contribution in [-0.2, 0) is 9.84 Å². The number of hydrogen-bond acceptors (Lipinski definition) is 4. The summed E-state index contributed by atoms with van der Waals surface area (Å²) in [4.78, 5) is 14.6. The molecule has 0 aliphatic rings. The van der Waals surface area contributed by atoms with Gasteiger partial charge >= 0.3 is 0 Å². The molecule has 0 radical (unpaired) electrons. The molecule has 1 amide bonds. The van der Waals surface area contributed by atoms with E-state index in [0.717, 1.165) is 11.3 Å². The summed E-state index contributed by atoms with van der Waals surface area (Å²) >= 11 is 1.02. The Morgan fingerprint density at radius 3 is 2.24 bits per heavy atom. The molecule has 1 aromatic heterocycles. The Bertz CT molecular complexity index is 716. The Morgan fingerprint density at radius 2 is 1.67 bits per heavy atom. The Balaban J connectivity index is 2.34. The minimum absolute atomic E-state index is 0.125. The van der Waals surface area contributed by atoms with Gasteiger partial charge in [-0.1, -0.05) is 18.2 Å². The Kier molecular flexibility index (Phi) is 4.80. The minimum atomic E-state index is -3.54. The second-order valence-corrected chi connectivity index (χ2v) is 7.67. The van der Waals surface area contributed by atoms with E-state index in [1.54, 1.807) is 41.3 Å². The zero-order chi connectivity index (χ0) is 15.5. The highest BCUT2D eigenvalue weighted by Gasteiger charge is 2.22. The smallest absolute Gasteiger partial charge is 0.263 e. The molecule has 2 aromatic rings. The van der Waals surface area contributed by atoms with E-state index in [0.29, 0.717) is 18.0 Å². The summed E-state index contributed by atoms with van der Waals surface area (Å²) < 4.78 is 25.1. The average Bonchev–Trinajstić information content (AvgIpc) is 3.00. The van der Waals surface area contributed by atoms with Gasteiger partial charge in [-0.3, -0.25) is 4.79 Å². The zero-order valence-corrected chi connectivity index (χ0v) is 13.6. The third kappa shape index (κ3) is 3.16. The van der Waals surface area contributed by atoms with Crippen LogP contribution in [0.3, 0.4) is 0 Å². The number of thiophene rings is 1. The van der Waals surface area contributed by atoms with Crippen LogP contribution in [0, 0.1) is 0 Å². The second-order valence-electron chi connectivity index (χ2n) is 4.41. The van der Waals surface area contributed by atoms with Crippen LogP contribution in [0.4, 0.5) is 0 Å². The molecular weight excluding hydrogens is 306 g/mol. The van der Waals surface area contributed by atoms with Gasteiger partial charge in [0.2, 0.25) is 9.84 Å². The van der Waals surface area contributed by atoms with E-state index in [-0.39, 0.29) is 15.0 Å². The van der Waals surface area contributed by atoms with Crippen LogP contribution in [0.15, 0.2) is 51.6 Å². The van der Waals surface area contributed by atoms with Gasteiger partial charge in [-0.25, -0.2) is 8.42 Å². The first-order chi connectivity index (χ1) is 10.0. The highest BCUT2D eigenvalue weighted by Crippen LogP contribution is 2.28. The number of sulfone groups is 1. The molecule has 0 saturated carbocycles. The van der Waals surface area contributed by atoms with Crippen molar-refractivity contribution < 1.29 is 13.2 Å². The third-order valence-electron chi connectivity index (χ3n) is 3.16. The highest BCUT2D eigenvalue weighted by molar-refractivity contribution is 7.93. The third-order valence-corrected chi connectivity index (χ3v) is 6.50. The van der Waals surface area contributed by atoms with Gasteiger partial charge < -0.3 is 4.90 Å². The number of nitrogens with zero attached hydrogens (tertiary/aromatic N) is 1. The van der Waals surface area contributed by atoms with E-state index >= 15 is 0 Å². The van der Waals surface area contributed by atoms with Gasteiger partial charge in [0, 0.05) is 13.1 Å². The molecule has 21 heavy (non-hydrogen) atoms. The molecule has 1 heterocycles. The van der Waals surface area contributed by atoms with E-state index < -0.39 is 9.84 Å². The van der Waals surface area contributed by atoms with Crippen molar-refractivity contribution in [2.24, 2.45) is 0 Å². The summed E-state index contributed by atoms with van der Waals surface area (Å²) in [6.45, 7) is 5.01. The summed E-state index contributed by atoms with van der Waals surface area (Å²) in [5, 5.41) is 0. The maximum absolute atomic E-state index is 12.5. The fourth-order valence-corrected chi connectivity index (χ4v) is 4.66. The molecule has 0 N–H and O–H groups in total. The van der Waals surface area contributed by atoms with Crippen molar-refractivity contribution in [1.82, 2.24) is 4.90 Å². The fourth-order valence-electron chi connectivity index (χ4n) is 1.96. The largest absolute Gasteiger partial charge is 0.339 e. The molecule has 0 aliphatic carbocycles. The standard InChI is InChI=1S/C15H17NO3S2/c1-3-16(4-2)15(17)13-10-11-14(20-13)21(18,19)12-8-6-5-7-9-12/h5-11H,3-4H2,1-2H3. The maximum Gasteiger partial charge on any atom is 0.263 e. The van der Waals surface area contributed by atoms with Crippen LogP contribution >= 0.6 is 11.3 Å². The molecule has 0 unspecified atom stereocenters. The van der Waals surface area contributed by atoms with E-state index in [1.165, 1.54) is 6.07 Å². The molecule has 0 bridgehead atoms. The van der Waals surface area contributed by atoms with Crippen molar-refractivity contribution >= 4 is 27.1 Å². The second kappa shape index (κ2) is 6.41. The molecule has 0 spiro atoms. The van der Waals surface area contributed by atoms with E-state index in [1.807, 2.05) is 13.8 Å². The molecule has 112 valence electrons. The molecule has 0 aliphatic heterocycles. The lowest BCUT2D eigenvalue weighted by Crippen LogP contribution is -2.29. The van der Waals surface area contributed by atoms with Crippen molar-refractivity contribution in [3.8, 4) is 0 Å². The lowest BCUT2D eigenvalue weighted by atomic mass is 10.4. The van der Waals surface area contributed by atoms with Gasteiger partial charge in [-0.2, -0.15) is 0 Å². The minimum Gasteiger partial charge on any atom is -0.339 e. The molecule has 6 heteroatoms. The molecule has 1 aromatic carbocycles. The Morgan fingerprint density at radius 1 is 1.05 bits per heavy atom. The van der Waals surface area contributed by atoms with Crippen LogP contribution in [-0.4, -0.2) is 32.3 Å². The van der Waals surface area contributed by atoms with Crippen molar-refractivity contribution in [2.75, 3.05) is 13.1 Å². The van der Waals surface area contributed by atoms with Gasteiger partial charge in [0.05, 0.1) is 9.77 Å². The zero-order valence-electron chi connectivity index (χ0n) is 11.9. The number of rotatable bonds is 5. The van der Waals surface area contributed by atoms with Gasteiger partial charge in [0.15, 0.2) is 0 Å². The summed E-state index contributed by atoms with van der Waals surface area (Å²) in [5.41, 5.74) is 0. The molecule has 0 atom stereocenters. The summed E-state index contributed by atoms with van der Waals surface area (Å²) in [5.74, 6) is -0.125. The Labute approximate surface area is 129 Å². The van der Waals surface area contributed by atoms with Crippen LogP contribution in [0.2, 0.25) is 0 Å². The maximum atomic E-state index is 12.5. The van der Waals surface area contributed by atoms with Crippen molar-refractivity contribution in [3.63, 3.8) is 0 Å². The quantitative estimate of drug-likeness (QED) is 0.850. The number of benzene rings is 1. The monoisotopic (exact) mass is 323 g/mol.